The summed E-state index contributed by atoms with van der Waals surface area (Å²) < 4.78 is 43.4. The monoisotopic (exact) mass is 1410 g/mol. The van der Waals surface area contributed by atoms with Gasteiger partial charge in [0.15, 0.2) is 5.60 Å². The molecule has 7 amide bonds. The van der Waals surface area contributed by atoms with Gasteiger partial charge < -0.3 is 66.0 Å². The van der Waals surface area contributed by atoms with Gasteiger partial charge in [-0.15, -0.1) is 5.10 Å². The second-order valence-electron chi connectivity index (χ2n) is 26.3. The minimum Gasteiger partial charge on any atom is -0.458 e. The summed E-state index contributed by atoms with van der Waals surface area (Å²) >= 11 is 0. The van der Waals surface area contributed by atoms with E-state index in [2.05, 4.69) is 63.6 Å². The van der Waals surface area contributed by atoms with E-state index < -0.39 is 57.4 Å². The number of urea groups is 1. The van der Waals surface area contributed by atoms with Crippen molar-refractivity contribution in [2.45, 2.75) is 173 Å². The van der Waals surface area contributed by atoms with Gasteiger partial charge in [-0.1, -0.05) is 68.2 Å². The van der Waals surface area contributed by atoms with Gasteiger partial charge in [-0.3, -0.25) is 24.0 Å². The van der Waals surface area contributed by atoms with Crippen LogP contribution in [0.5, 0.6) is 0 Å². The lowest BCUT2D eigenvalue weighted by Gasteiger charge is -2.31. The summed E-state index contributed by atoms with van der Waals surface area (Å²) in [6.07, 6.45) is 10.8. The smallest absolute Gasteiger partial charge is 0.410 e. The number of aromatic nitrogens is 7. The molecule has 7 heterocycles. The lowest BCUT2D eigenvalue weighted by molar-refractivity contribution is -0.172. The number of hydrogen-bond acceptors (Lipinski definition) is 20. The van der Waals surface area contributed by atoms with E-state index >= 15 is 0 Å². The quantitative estimate of drug-likeness (QED) is 0.0124. The molecule has 1 fully saturated rings. The number of esters is 1. The maximum absolute atomic E-state index is 14.0. The molecule has 9 rings (SSSR count). The number of nitrogens with two attached hydrogens (primary N) is 1. The van der Waals surface area contributed by atoms with Crippen LogP contribution in [-0.4, -0.2) is 170 Å². The number of pyridine rings is 2. The normalized spacial score (nSPS) is 15.7. The van der Waals surface area contributed by atoms with Crippen LogP contribution < -0.4 is 37.9 Å². The van der Waals surface area contributed by atoms with Crippen LogP contribution in [0, 0.1) is 23.7 Å². The van der Waals surface area contributed by atoms with Crippen molar-refractivity contribution in [1.82, 2.24) is 65.6 Å². The number of carbonyl (C=O) groups is 7. The number of carbonyl (C=O) groups excluding carboxylic acids is 7. The Bertz CT molecular complexity index is 4200. The molecule has 3 atom stereocenters. The summed E-state index contributed by atoms with van der Waals surface area (Å²) in [6, 6.07) is 13.0. The fourth-order valence-corrected chi connectivity index (χ4v) is 13.0. The van der Waals surface area contributed by atoms with Crippen molar-refractivity contribution in [3.63, 3.8) is 0 Å². The molecule has 101 heavy (non-hydrogen) atoms. The minimum atomic E-state index is -3.49. The van der Waals surface area contributed by atoms with E-state index in [9.17, 15) is 51.9 Å². The molecular formula is C71H91N15O14S. The number of rotatable bonds is 33. The first-order valence-electron chi connectivity index (χ1n) is 34.4. The Morgan fingerprint density at radius 1 is 0.901 bits per heavy atom. The third kappa shape index (κ3) is 20.3. The summed E-state index contributed by atoms with van der Waals surface area (Å²) in [5.74, 6) is 3.67. The van der Waals surface area contributed by atoms with Crippen LogP contribution >= 0.6 is 0 Å². The number of amides is 7. The molecule has 3 aliphatic heterocycles. The van der Waals surface area contributed by atoms with Crippen molar-refractivity contribution < 1.29 is 61.3 Å². The number of hydrogen-bond donors (Lipinski definition) is 7. The fraction of sp³-hybridized carbons (Fsp3) is 0.507. The van der Waals surface area contributed by atoms with Gasteiger partial charge in [0.25, 0.3) is 5.56 Å². The average Bonchev–Trinajstić information content (AvgIpc) is 1.61. The van der Waals surface area contributed by atoms with E-state index in [0.29, 0.717) is 97.2 Å². The van der Waals surface area contributed by atoms with Gasteiger partial charge in [-0.2, -0.15) is 0 Å². The van der Waals surface area contributed by atoms with Crippen LogP contribution in [0.3, 0.4) is 0 Å². The van der Waals surface area contributed by atoms with Crippen LogP contribution in [0.15, 0.2) is 83.1 Å². The van der Waals surface area contributed by atoms with Crippen LogP contribution in [0.4, 0.5) is 15.3 Å². The number of aliphatic hydroxyl groups is 1. The van der Waals surface area contributed by atoms with E-state index in [4.69, 9.17) is 24.9 Å². The maximum atomic E-state index is 14.0. The number of benzene rings is 2. The molecular weight excluding hydrogens is 1320 g/mol. The number of fused-ring (bicyclic) bond motifs is 5. The number of para-hydroxylation sites is 1. The SMILES string of the molecule is CC[C@@]1(O)C(=O)OCc2c1cc1n(c2=O)Cc2c-1nc1ccccc1c2CCN(C(=O)OCc1ccc(NC(=O)[C@H](CCCNC(N)=O)NC(=O)[C@@H](NC(=O)CCCC2CCN(CCOCCn3cc(CNC(=O)CCCC#Cc4cnc(S(C)(=O)=O)nc4)nn3)CC2)C(C)C)cc1)C(C)C. The van der Waals surface area contributed by atoms with Crippen LogP contribution in [0.2, 0.25) is 0 Å². The molecule has 3 aliphatic rings. The zero-order valence-electron chi connectivity index (χ0n) is 58.1. The van der Waals surface area contributed by atoms with E-state index in [-0.39, 0.29) is 111 Å². The number of cyclic esters (lactones) is 1. The number of ether oxygens (including phenoxy) is 3. The largest absolute Gasteiger partial charge is 0.458 e. The lowest BCUT2D eigenvalue weighted by atomic mass is 9.86. The predicted octanol–water partition coefficient (Wildman–Crippen LogP) is 4.90. The topological polar surface area (TPSA) is 386 Å². The molecule has 2 aromatic carbocycles. The first kappa shape index (κ1) is 75.5. The zero-order chi connectivity index (χ0) is 72.4. The number of nitrogens with one attached hydrogen (secondary N) is 5. The Hall–Kier alpha value is -9.70. The Kier molecular flexibility index (Phi) is 26.2. The van der Waals surface area contributed by atoms with E-state index in [1.165, 1.54) is 12.4 Å². The number of unbranched alkanes of at least 4 members (excludes halogenated alkanes) is 1. The third-order valence-electron chi connectivity index (χ3n) is 18.3. The molecule has 0 aliphatic carbocycles. The number of anilines is 1. The van der Waals surface area contributed by atoms with Crippen molar-refractivity contribution in [2.75, 3.05) is 57.5 Å². The first-order chi connectivity index (χ1) is 48.4. The zero-order valence-corrected chi connectivity index (χ0v) is 58.9. The van der Waals surface area contributed by atoms with Gasteiger partial charge in [-0.25, -0.2) is 42.4 Å². The molecule has 8 N–H and O–H groups in total. The highest BCUT2D eigenvalue weighted by Gasteiger charge is 2.46. The van der Waals surface area contributed by atoms with Gasteiger partial charge in [0.05, 0.1) is 67.1 Å². The molecule has 0 spiro atoms. The molecule has 29 nitrogen and oxygen atoms in total. The van der Waals surface area contributed by atoms with Gasteiger partial charge in [-0.05, 0) is 132 Å². The molecule has 0 bridgehead atoms. The molecule has 540 valence electrons. The number of sulfone groups is 1. The number of likely N-dealkylation sites (tertiary alicyclic amines) is 1. The van der Waals surface area contributed by atoms with E-state index in [1.54, 1.807) is 57.6 Å². The number of nitrogens with zero attached hydrogens (tertiary/aromatic N) is 9. The highest BCUT2D eigenvalue weighted by Crippen LogP contribution is 2.40. The Balaban J connectivity index is 0.673. The second kappa shape index (κ2) is 35.1. The molecule has 4 aromatic heterocycles. The van der Waals surface area contributed by atoms with E-state index in [0.717, 1.165) is 61.7 Å². The maximum Gasteiger partial charge on any atom is 0.410 e. The Morgan fingerprint density at radius 3 is 2.35 bits per heavy atom. The molecule has 0 unspecified atom stereocenters. The molecule has 0 saturated carbocycles. The van der Waals surface area contributed by atoms with Gasteiger partial charge in [0, 0.05) is 85.8 Å². The van der Waals surface area contributed by atoms with Crippen molar-refractivity contribution in [3.05, 3.63) is 123 Å². The van der Waals surface area contributed by atoms with Crippen molar-refractivity contribution in [3.8, 4) is 23.2 Å². The van der Waals surface area contributed by atoms with Gasteiger partial charge in [0.2, 0.25) is 38.6 Å². The molecule has 0 radical (unpaired) electrons. The number of primary amides is 1. The summed E-state index contributed by atoms with van der Waals surface area (Å²) in [4.78, 5) is 123. The summed E-state index contributed by atoms with van der Waals surface area (Å²) in [5.41, 5.74) is 8.98. The Morgan fingerprint density at radius 2 is 1.63 bits per heavy atom. The molecule has 1 saturated heterocycles. The lowest BCUT2D eigenvalue weighted by Crippen LogP contribution is -2.54. The Labute approximate surface area is 586 Å². The minimum absolute atomic E-state index is 0.0166. The van der Waals surface area contributed by atoms with Crippen molar-refractivity contribution in [1.29, 1.82) is 0 Å². The highest BCUT2D eigenvalue weighted by molar-refractivity contribution is 7.90. The van der Waals surface area contributed by atoms with Crippen molar-refractivity contribution in [2.24, 2.45) is 17.6 Å². The fourth-order valence-electron chi connectivity index (χ4n) is 12.5. The van der Waals surface area contributed by atoms with Crippen LogP contribution in [0.1, 0.15) is 144 Å². The van der Waals surface area contributed by atoms with E-state index in [1.807, 2.05) is 52.0 Å². The standard InChI is InChI=1S/C71H91N15O14S/c1-7-71(95)56-37-59-63-54(42-86(59)66(91)55(56)44-99-67(71)92)52(53-17-11-12-18-57(53)78-63)28-32-85(46(4)5)70(94)100-43-48-22-24-50(25-23-48)77-64(89)58(19-14-29-73-68(72)93)79-65(90)62(45(2)3)80-61(88)21-13-16-47-26-30-83(31-27-47)33-35-98-36-34-84-41-51(81-82-84)40-74-60(87)20-10-8-9-15-49-38-75-69(76-39-49)101(6,96)97/h11-12,17-18,22-25,37-39,41,45-47,58,62,95H,7-8,10,13-14,16,19-21,26-36,40,42-44H2,1-6H3,(H,74,87)(H,77,89)(H,79,90)(H,80,88)(H3,72,73,93)/t58-,62-,71-/m0/s1. The third-order valence-corrected chi connectivity index (χ3v) is 19.2. The first-order valence-corrected chi connectivity index (χ1v) is 36.3. The van der Waals surface area contributed by atoms with Crippen molar-refractivity contribution >= 4 is 68.1 Å². The van der Waals surface area contributed by atoms with Gasteiger partial charge >= 0.3 is 18.1 Å². The summed E-state index contributed by atoms with van der Waals surface area (Å²) in [6.45, 7) is 13.7. The molecule has 30 heteroatoms. The van der Waals surface area contributed by atoms with Crippen LogP contribution in [0.25, 0.3) is 22.3 Å². The average molecular weight is 1410 g/mol. The predicted molar refractivity (Wildman–Crippen MR) is 372 cm³/mol. The summed E-state index contributed by atoms with van der Waals surface area (Å²) in [5, 5.41) is 34.3. The van der Waals surface area contributed by atoms with Crippen LogP contribution in [-0.2, 0) is 92.9 Å². The second-order valence-corrected chi connectivity index (χ2v) is 28.2. The van der Waals surface area contributed by atoms with Gasteiger partial charge in [0.1, 0.15) is 31.0 Å². The summed E-state index contributed by atoms with van der Waals surface area (Å²) in [7, 11) is -3.49. The highest BCUT2D eigenvalue weighted by atomic mass is 32.2. The number of piperidine rings is 1. The molecule has 6 aromatic rings.